The summed E-state index contributed by atoms with van der Waals surface area (Å²) in [6.45, 7) is 18.5. The minimum atomic E-state index is -0.00454. The van der Waals surface area contributed by atoms with Crippen LogP contribution in [0.1, 0.15) is 617 Å². The fraction of sp³-hybridized carbons (Fsp3) is 0.781. The second kappa shape index (κ2) is 77.4. The summed E-state index contributed by atoms with van der Waals surface area (Å²) in [5, 5.41) is 2.87. The van der Waals surface area contributed by atoms with Crippen LogP contribution in [0.25, 0.3) is 43.6 Å². The smallest absolute Gasteiger partial charge is 0.263 e. The number of hydrogen-bond acceptors (Lipinski definition) is 4. The van der Waals surface area contributed by atoms with Gasteiger partial charge in [-0.15, -0.1) is 0 Å². The molecule has 0 amide bonds. The number of aryl methyl sites for hydroxylation is 2. The minimum absolute atomic E-state index is 0.00454. The molecule has 0 fully saturated rings. The van der Waals surface area contributed by atoms with E-state index in [0.29, 0.717) is 22.6 Å². The zero-order valence-corrected chi connectivity index (χ0v) is 90.9. The Bertz CT molecular complexity index is 4120. The first-order valence-corrected chi connectivity index (χ1v) is 60.9. The van der Waals surface area contributed by atoms with Crippen molar-refractivity contribution in [2.24, 2.45) is 23.7 Å². The Kier molecular flexibility index (Phi) is 67.0. The van der Waals surface area contributed by atoms with Crippen LogP contribution in [-0.4, -0.2) is 17.6 Å². The number of pyridine rings is 4. The molecule has 0 aliphatic rings. The molecule has 8 rings (SSSR count). The van der Waals surface area contributed by atoms with Crippen molar-refractivity contribution < 1.29 is 0 Å². The van der Waals surface area contributed by atoms with E-state index in [1.165, 1.54) is 527 Å². The van der Waals surface area contributed by atoms with Gasteiger partial charge in [0.05, 0.1) is 43.6 Å². The van der Waals surface area contributed by atoms with E-state index in [0.717, 1.165) is 105 Å². The predicted octanol–water partition coefficient (Wildman–Crippen LogP) is 40.6. The Labute approximate surface area is 836 Å². The highest BCUT2D eigenvalue weighted by molar-refractivity contribution is 5.97. The van der Waals surface area contributed by atoms with Crippen molar-refractivity contribution >= 4 is 43.6 Å². The summed E-state index contributed by atoms with van der Waals surface area (Å²) in [4.78, 5) is 58.7. The molecule has 0 aromatic carbocycles. The molecule has 8 heteroatoms. The van der Waals surface area contributed by atoms with Gasteiger partial charge >= 0.3 is 0 Å². The maximum Gasteiger partial charge on any atom is 0.263 e. The average molecular weight is 1880 g/mol. The van der Waals surface area contributed by atoms with Crippen LogP contribution in [0.15, 0.2) is 92.5 Å². The van der Waals surface area contributed by atoms with E-state index in [-0.39, 0.29) is 22.2 Å². The lowest BCUT2D eigenvalue weighted by molar-refractivity contribution is 0.366. The number of fused-ring (bicyclic) bond motifs is 6. The standard InChI is InChI=1S/C66H112N2O2.C62H104N2O2/c1-5-9-13-17-21-25-29-35-45-57(46-36-30-26-22-18-14-10-6-2)49-39-33-41-51-59-61-53-43-55-67(61)66(70)64-60(62-54-44-56-68(62)65(69)63(59)64)52-42-34-40-50-58(47-37-31-27-23-19-15-11-7-3)48-38-32-28-24-20-16-12-8-4;1-5-9-13-17-21-25-27-31-35-39-45-53(43-37-33-29-23-19-15-11-7-3)51-55-57-47-41-49-63(57)62(66)60-56(58-48-42-50-64(58)61(65)59(55)60)52-54(44-38-34-30-24-20-16-12-8-4)46-40-36-32-28-26-22-18-14-10-6-2/h43-44,53-58H,5-42,45-52H2,1-4H3;41-42,47-50,53-54H,5-40,43-46,51-52H2,1-4H3. The number of hydrogen-bond donors (Lipinski definition) is 0. The molecule has 8 heterocycles. The van der Waals surface area contributed by atoms with Crippen molar-refractivity contribution in [2.75, 3.05) is 0 Å². The van der Waals surface area contributed by atoms with Gasteiger partial charge in [-0.2, -0.15) is 0 Å². The van der Waals surface area contributed by atoms with Crippen molar-refractivity contribution in [1.29, 1.82) is 0 Å². The van der Waals surface area contributed by atoms with Gasteiger partial charge in [0.15, 0.2) is 0 Å². The monoisotopic (exact) mass is 1870 g/mol. The molecular weight excluding hydrogens is 1660 g/mol. The molecular formula is C128H216N4O4. The molecule has 8 nitrogen and oxygen atoms in total. The Morgan fingerprint density at radius 2 is 0.309 bits per heavy atom. The second-order valence-electron chi connectivity index (χ2n) is 44.3. The van der Waals surface area contributed by atoms with E-state index in [9.17, 15) is 19.2 Å². The Morgan fingerprint density at radius 3 is 0.485 bits per heavy atom. The van der Waals surface area contributed by atoms with Crippen molar-refractivity contribution in [3.05, 3.63) is 137 Å². The van der Waals surface area contributed by atoms with Gasteiger partial charge in [-0.25, -0.2) is 0 Å². The van der Waals surface area contributed by atoms with Gasteiger partial charge in [0.25, 0.3) is 22.2 Å². The number of rotatable bonds is 92. The lowest BCUT2D eigenvalue weighted by Crippen LogP contribution is -2.25. The van der Waals surface area contributed by atoms with Gasteiger partial charge < -0.3 is 0 Å². The van der Waals surface area contributed by atoms with E-state index < -0.39 is 0 Å². The van der Waals surface area contributed by atoms with Gasteiger partial charge in [-0.3, -0.25) is 36.8 Å². The van der Waals surface area contributed by atoms with E-state index >= 15 is 0 Å². The maximum atomic E-state index is 14.9. The zero-order chi connectivity index (χ0) is 96.6. The summed E-state index contributed by atoms with van der Waals surface area (Å²) in [5.74, 6) is 2.75. The molecule has 2 atom stereocenters. The molecule has 0 spiro atoms. The predicted molar refractivity (Wildman–Crippen MR) is 601 cm³/mol. The molecule has 2 unspecified atom stereocenters. The zero-order valence-electron chi connectivity index (χ0n) is 90.9. The molecule has 0 bridgehead atoms. The average Bonchev–Trinajstić information content (AvgIpc) is 1.67. The highest BCUT2D eigenvalue weighted by Gasteiger charge is 2.28. The lowest BCUT2D eigenvalue weighted by Gasteiger charge is -2.22. The van der Waals surface area contributed by atoms with Crippen molar-refractivity contribution in [1.82, 2.24) is 17.6 Å². The van der Waals surface area contributed by atoms with Gasteiger partial charge in [-0.1, -0.05) is 582 Å². The third-order valence-corrected chi connectivity index (χ3v) is 32.5. The third-order valence-electron chi connectivity index (χ3n) is 32.5. The van der Waals surface area contributed by atoms with Crippen LogP contribution in [0.2, 0.25) is 0 Å². The van der Waals surface area contributed by atoms with E-state index in [2.05, 4.69) is 79.7 Å². The Morgan fingerprint density at radius 1 is 0.169 bits per heavy atom. The lowest BCUT2D eigenvalue weighted by atomic mass is 9.85. The maximum absolute atomic E-state index is 14.9. The summed E-state index contributed by atoms with van der Waals surface area (Å²) in [7, 11) is 0. The summed E-state index contributed by atoms with van der Waals surface area (Å²) in [6, 6.07) is 16.5. The molecule has 0 N–H and O–H groups in total. The van der Waals surface area contributed by atoms with Crippen molar-refractivity contribution in [2.45, 2.75) is 620 Å². The van der Waals surface area contributed by atoms with Crippen LogP contribution >= 0.6 is 0 Å². The molecule has 0 saturated carbocycles. The molecule has 0 saturated heterocycles. The van der Waals surface area contributed by atoms with Crippen molar-refractivity contribution in [3.63, 3.8) is 0 Å². The van der Waals surface area contributed by atoms with Gasteiger partial charge in [-0.05, 0) is 133 Å². The molecule has 8 aromatic rings. The first-order chi connectivity index (χ1) is 67.1. The fourth-order valence-corrected chi connectivity index (χ4v) is 23.9. The van der Waals surface area contributed by atoms with Crippen LogP contribution in [0, 0.1) is 23.7 Å². The molecule has 0 aliphatic carbocycles. The summed E-state index contributed by atoms with van der Waals surface area (Å²) in [5.41, 5.74) is 8.31. The quantitative estimate of drug-likeness (QED) is 0.0356. The highest BCUT2D eigenvalue weighted by atomic mass is 16.1. The molecule has 0 radical (unpaired) electrons. The van der Waals surface area contributed by atoms with Crippen LogP contribution in [-0.2, 0) is 25.7 Å². The molecule has 136 heavy (non-hydrogen) atoms. The number of aromatic nitrogens is 4. The fourth-order valence-electron chi connectivity index (χ4n) is 23.9. The van der Waals surface area contributed by atoms with Crippen LogP contribution in [0.5, 0.6) is 0 Å². The first-order valence-electron chi connectivity index (χ1n) is 60.9. The molecule has 8 aromatic heterocycles. The Hall–Kier alpha value is -5.24. The van der Waals surface area contributed by atoms with Crippen LogP contribution in [0.3, 0.4) is 0 Å². The SMILES string of the molecule is CCCCCCCCCCC(CCCCCCCCCC)CCCCCc1c2c(=O)n3cccc3c(CCCCCC(CCCCCCCCCC)CCCCCCCCCC)c2c(=O)n2cccc12.CCCCCCCCCCCCC(CCCCCCCCCC)Cc1c2c(=O)n3cccc3c(CC(CCCCCCCCCC)CCCCCCCCCCCC)c2c(=O)n2cccc12. The first kappa shape index (κ1) is 118. The number of unbranched alkanes of at least 4 members (excludes halogenated alkanes) is 64. The van der Waals surface area contributed by atoms with Crippen molar-refractivity contribution in [3.8, 4) is 0 Å². The minimum Gasteiger partial charge on any atom is -0.283 e. The van der Waals surface area contributed by atoms with Crippen LogP contribution < -0.4 is 22.2 Å². The summed E-state index contributed by atoms with van der Waals surface area (Å²) >= 11 is 0. The van der Waals surface area contributed by atoms with Gasteiger partial charge in [0.2, 0.25) is 0 Å². The number of nitrogens with zero attached hydrogens (tertiary/aromatic N) is 4. The normalized spacial score (nSPS) is 12.5. The second-order valence-corrected chi connectivity index (χ2v) is 44.3. The van der Waals surface area contributed by atoms with E-state index in [4.69, 9.17) is 0 Å². The molecule has 772 valence electrons. The largest absolute Gasteiger partial charge is 0.283 e. The van der Waals surface area contributed by atoms with E-state index in [1.54, 1.807) is 0 Å². The van der Waals surface area contributed by atoms with E-state index in [1.807, 2.05) is 66.7 Å². The molecule has 0 aliphatic heterocycles. The summed E-state index contributed by atoms with van der Waals surface area (Å²) in [6.07, 6.45) is 125. The van der Waals surface area contributed by atoms with Crippen LogP contribution in [0.4, 0.5) is 0 Å². The third kappa shape index (κ3) is 45.6. The summed E-state index contributed by atoms with van der Waals surface area (Å²) < 4.78 is 7.57. The Balaban J connectivity index is 0.000000371. The topological polar surface area (TPSA) is 85.9 Å². The highest BCUT2D eigenvalue weighted by Crippen LogP contribution is 2.37. The van der Waals surface area contributed by atoms with Gasteiger partial charge in [0.1, 0.15) is 0 Å². The van der Waals surface area contributed by atoms with Gasteiger partial charge in [0, 0.05) is 24.8 Å².